The summed E-state index contributed by atoms with van der Waals surface area (Å²) < 4.78 is 24.6. The van der Waals surface area contributed by atoms with Crippen LogP contribution in [0.3, 0.4) is 0 Å². The molecule has 118 valence electrons. The number of carbonyl (C=O) groups is 1. The molecular weight excluding hydrogens is 314 g/mol. The van der Waals surface area contributed by atoms with Crippen molar-refractivity contribution < 1.29 is 13.2 Å². The van der Waals surface area contributed by atoms with Gasteiger partial charge in [0.2, 0.25) is 10.0 Å². The van der Waals surface area contributed by atoms with Crippen molar-refractivity contribution in [1.29, 1.82) is 0 Å². The second-order valence-electron chi connectivity index (χ2n) is 5.20. The number of anilines is 1. The molecule has 0 saturated carbocycles. The van der Waals surface area contributed by atoms with Gasteiger partial charge in [0.05, 0.1) is 10.5 Å². The first kappa shape index (κ1) is 15.3. The highest BCUT2D eigenvalue weighted by molar-refractivity contribution is 7.89. The van der Waals surface area contributed by atoms with Gasteiger partial charge in [-0.1, -0.05) is 24.3 Å². The molecule has 6 nitrogen and oxygen atoms in total. The smallest absolute Gasteiger partial charge is 0.257 e. The van der Waals surface area contributed by atoms with E-state index in [0.29, 0.717) is 11.3 Å². The van der Waals surface area contributed by atoms with Crippen LogP contribution in [-0.2, 0) is 17.1 Å². The molecule has 0 unspecified atom stereocenters. The molecule has 1 amide bonds. The lowest BCUT2D eigenvalue weighted by Crippen LogP contribution is -2.14. The van der Waals surface area contributed by atoms with Gasteiger partial charge >= 0.3 is 0 Å². The Morgan fingerprint density at radius 1 is 1.13 bits per heavy atom. The van der Waals surface area contributed by atoms with E-state index in [4.69, 9.17) is 5.14 Å². The summed E-state index contributed by atoms with van der Waals surface area (Å²) in [7, 11) is -1.95. The maximum atomic E-state index is 12.5. The SMILES string of the molecule is Cn1cc(C(=O)Nc2cccc(S(N)(=O)=O)c2)c2ccccc21. The van der Waals surface area contributed by atoms with Crippen molar-refractivity contribution in [1.82, 2.24) is 4.57 Å². The molecule has 3 N–H and O–H groups in total. The quantitative estimate of drug-likeness (QED) is 0.770. The molecule has 0 aliphatic rings. The second-order valence-corrected chi connectivity index (χ2v) is 6.76. The number of hydrogen-bond donors (Lipinski definition) is 2. The van der Waals surface area contributed by atoms with Crippen molar-refractivity contribution in [3.05, 3.63) is 60.3 Å². The number of nitrogens with zero attached hydrogens (tertiary/aromatic N) is 1. The van der Waals surface area contributed by atoms with Gasteiger partial charge in [-0.25, -0.2) is 13.6 Å². The van der Waals surface area contributed by atoms with E-state index in [0.717, 1.165) is 10.9 Å². The van der Waals surface area contributed by atoms with Crippen LogP contribution in [0.1, 0.15) is 10.4 Å². The fourth-order valence-corrected chi connectivity index (χ4v) is 3.03. The molecule has 2 aromatic carbocycles. The number of nitrogens with one attached hydrogen (secondary N) is 1. The molecule has 0 fully saturated rings. The van der Waals surface area contributed by atoms with Crippen LogP contribution >= 0.6 is 0 Å². The van der Waals surface area contributed by atoms with Crippen LogP contribution in [0.25, 0.3) is 10.9 Å². The summed E-state index contributed by atoms with van der Waals surface area (Å²) in [6.45, 7) is 0. The third-order valence-corrected chi connectivity index (χ3v) is 4.47. The van der Waals surface area contributed by atoms with Crippen molar-refractivity contribution >= 4 is 32.5 Å². The zero-order valence-electron chi connectivity index (χ0n) is 12.4. The number of nitrogens with two attached hydrogens (primary N) is 1. The molecule has 0 radical (unpaired) electrons. The molecule has 1 aromatic heterocycles. The van der Waals surface area contributed by atoms with Crippen molar-refractivity contribution in [2.45, 2.75) is 4.90 Å². The number of aromatic nitrogens is 1. The number of rotatable bonds is 3. The molecule has 0 saturated heterocycles. The van der Waals surface area contributed by atoms with Crippen LogP contribution in [-0.4, -0.2) is 18.9 Å². The second kappa shape index (κ2) is 5.53. The summed E-state index contributed by atoms with van der Waals surface area (Å²) >= 11 is 0. The highest BCUT2D eigenvalue weighted by Gasteiger charge is 2.15. The van der Waals surface area contributed by atoms with Gasteiger partial charge in [0.25, 0.3) is 5.91 Å². The topological polar surface area (TPSA) is 94.2 Å². The van der Waals surface area contributed by atoms with Gasteiger partial charge in [-0.3, -0.25) is 4.79 Å². The highest BCUT2D eigenvalue weighted by atomic mass is 32.2. The van der Waals surface area contributed by atoms with Crippen molar-refractivity contribution in [2.24, 2.45) is 12.2 Å². The lowest BCUT2D eigenvalue weighted by molar-refractivity contribution is 0.102. The highest BCUT2D eigenvalue weighted by Crippen LogP contribution is 2.22. The Morgan fingerprint density at radius 2 is 1.87 bits per heavy atom. The van der Waals surface area contributed by atoms with E-state index in [1.54, 1.807) is 12.3 Å². The minimum atomic E-state index is -3.81. The third kappa shape index (κ3) is 2.96. The number of fused-ring (bicyclic) bond motifs is 1. The summed E-state index contributed by atoms with van der Waals surface area (Å²) in [5.74, 6) is -0.312. The number of benzene rings is 2. The number of aryl methyl sites for hydroxylation is 1. The van der Waals surface area contributed by atoms with E-state index in [-0.39, 0.29) is 10.8 Å². The fourth-order valence-electron chi connectivity index (χ4n) is 2.47. The minimum Gasteiger partial charge on any atom is -0.350 e. The normalized spacial score (nSPS) is 11.6. The Balaban J connectivity index is 1.96. The number of carbonyl (C=O) groups excluding carboxylic acids is 1. The van der Waals surface area contributed by atoms with Crippen LogP contribution in [0, 0.1) is 0 Å². The van der Waals surface area contributed by atoms with Crippen LogP contribution in [0.2, 0.25) is 0 Å². The standard InChI is InChI=1S/C16H15N3O3S/c1-19-10-14(13-7-2-3-8-15(13)19)16(20)18-11-5-4-6-12(9-11)23(17,21)22/h2-10H,1H3,(H,18,20)(H2,17,21,22). The first-order valence-electron chi connectivity index (χ1n) is 6.84. The summed E-state index contributed by atoms with van der Waals surface area (Å²) in [6, 6.07) is 13.4. The first-order chi connectivity index (χ1) is 10.9. The first-order valence-corrected chi connectivity index (χ1v) is 8.39. The molecule has 1 heterocycles. The van der Waals surface area contributed by atoms with Gasteiger partial charge in [0.1, 0.15) is 0 Å². The van der Waals surface area contributed by atoms with Crippen LogP contribution < -0.4 is 10.5 Å². The average molecular weight is 329 g/mol. The predicted molar refractivity (Wildman–Crippen MR) is 88.7 cm³/mol. The summed E-state index contributed by atoms with van der Waals surface area (Å²) in [5, 5.41) is 8.63. The minimum absolute atomic E-state index is 0.0479. The number of primary sulfonamides is 1. The molecule has 3 aromatic rings. The average Bonchev–Trinajstić information content (AvgIpc) is 2.85. The molecule has 7 heteroatoms. The van der Waals surface area contributed by atoms with Crippen LogP contribution in [0.15, 0.2) is 59.6 Å². The number of para-hydroxylation sites is 1. The molecule has 23 heavy (non-hydrogen) atoms. The largest absolute Gasteiger partial charge is 0.350 e. The zero-order chi connectivity index (χ0) is 16.6. The number of hydrogen-bond acceptors (Lipinski definition) is 3. The van der Waals surface area contributed by atoms with Crippen molar-refractivity contribution in [2.75, 3.05) is 5.32 Å². The van der Waals surface area contributed by atoms with Gasteiger partial charge in [0, 0.05) is 29.8 Å². The maximum absolute atomic E-state index is 12.5. The molecule has 0 spiro atoms. The Hall–Kier alpha value is -2.64. The molecule has 0 bridgehead atoms. The van der Waals surface area contributed by atoms with Crippen molar-refractivity contribution in [3.63, 3.8) is 0 Å². The summed E-state index contributed by atoms with van der Waals surface area (Å²) in [4.78, 5) is 12.4. The Bertz CT molecular complexity index is 1010. The van der Waals surface area contributed by atoms with Crippen molar-refractivity contribution in [3.8, 4) is 0 Å². The summed E-state index contributed by atoms with van der Waals surface area (Å²) in [5.41, 5.74) is 1.83. The Kier molecular flexibility index (Phi) is 3.67. The van der Waals surface area contributed by atoms with E-state index in [9.17, 15) is 13.2 Å². The summed E-state index contributed by atoms with van der Waals surface area (Å²) in [6.07, 6.45) is 1.74. The lowest BCUT2D eigenvalue weighted by Gasteiger charge is -2.06. The Labute approximate surface area is 133 Å². The maximum Gasteiger partial charge on any atom is 0.257 e. The van der Waals surface area contributed by atoms with E-state index in [1.807, 2.05) is 35.9 Å². The van der Waals surface area contributed by atoms with Gasteiger partial charge in [-0.2, -0.15) is 0 Å². The van der Waals surface area contributed by atoms with Gasteiger partial charge in [-0.05, 0) is 24.3 Å². The predicted octanol–water partition coefficient (Wildman–Crippen LogP) is 2.08. The van der Waals surface area contributed by atoms with E-state index in [1.165, 1.54) is 18.2 Å². The Morgan fingerprint density at radius 3 is 2.61 bits per heavy atom. The zero-order valence-corrected chi connectivity index (χ0v) is 13.2. The number of amides is 1. The molecule has 0 aliphatic carbocycles. The van der Waals surface area contributed by atoms with Gasteiger partial charge in [0.15, 0.2) is 0 Å². The monoisotopic (exact) mass is 329 g/mol. The van der Waals surface area contributed by atoms with Gasteiger partial charge in [-0.15, -0.1) is 0 Å². The van der Waals surface area contributed by atoms with E-state index in [2.05, 4.69) is 5.32 Å². The molecule has 3 rings (SSSR count). The molecule has 0 atom stereocenters. The molecule has 0 aliphatic heterocycles. The van der Waals surface area contributed by atoms with Crippen LogP contribution in [0.4, 0.5) is 5.69 Å². The third-order valence-electron chi connectivity index (χ3n) is 3.56. The van der Waals surface area contributed by atoms with Gasteiger partial charge < -0.3 is 9.88 Å². The van der Waals surface area contributed by atoms with E-state index >= 15 is 0 Å². The fraction of sp³-hybridized carbons (Fsp3) is 0.0625. The lowest BCUT2D eigenvalue weighted by atomic mass is 10.1. The van der Waals surface area contributed by atoms with Crippen LogP contribution in [0.5, 0.6) is 0 Å². The van der Waals surface area contributed by atoms with E-state index < -0.39 is 10.0 Å². The number of sulfonamides is 1. The molecular formula is C16H15N3O3S.